The molecule has 0 spiro atoms. The van der Waals surface area contributed by atoms with Crippen molar-refractivity contribution in [1.29, 1.82) is 5.41 Å². The van der Waals surface area contributed by atoms with Gasteiger partial charge in [-0.2, -0.15) is 0 Å². The summed E-state index contributed by atoms with van der Waals surface area (Å²) in [6, 6.07) is 1.49. The van der Waals surface area contributed by atoms with Gasteiger partial charge in [0.05, 0.1) is 37.9 Å². The van der Waals surface area contributed by atoms with Crippen molar-refractivity contribution in [3.8, 4) is 17.2 Å². The predicted molar refractivity (Wildman–Crippen MR) is 120 cm³/mol. The first-order valence-corrected chi connectivity index (χ1v) is 10.4. The van der Waals surface area contributed by atoms with Gasteiger partial charge in [-0.1, -0.05) is 0 Å². The second-order valence-electron chi connectivity index (χ2n) is 7.53. The number of hydrogen-bond acceptors (Lipinski definition) is 9. The van der Waals surface area contributed by atoms with Crippen LogP contribution in [0.25, 0.3) is 0 Å². The molecule has 2 heterocycles. The predicted octanol–water partition coefficient (Wildman–Crippen LogP) is 2.94. The normalized spacial score (nSPS) is 15.1. The molecule has 0 amide bonds. The quantitative estimate of drug-likeness (QED) is 0.463. The standard InChI is InChI=1S/C22H28F2N6O3/c1-30-6-4-14(5-7-30)26-10-15(9-25)29-22-27-11-16(12-28-22)33-13-17-20(23)18(31-2)8-19(32-3)21(17)24/h8-12,14,25-26H,4-7,13H2,1-3H3,(H,27,28,29)/b15-10+,25-9?. The number of nitrogens with zero attached hydrogens (tertiary/aromatic N) is 3. The fourth-order valence-electron chi connectivity index (χ4n) is 3.30. The summed E-state index contributed by atoms with van der Waals surface area (Å²) in [4.78, 5) is 10.5. The van der Waals surface area contributed by atoms with Gasteiger partial charge < -0.3 is 35.2 Å². The number of allylic oxidation sites excluding steroid dienone is 1. The van der Waals surface area contributed by atoms with Gasteiger partial charge in [-0.25, -0.2) is 18.7 Å². The Morgan fingerprint density at radius 1 is 1.15 bits per heavy atom. The summed E-state index contributed by atoms with van der Waals surface area (Å²) in [6.07, 6.45) is 7.70. The number of halogens is 2. The summed E-state index contributed by atoms with van der Waals surface area (Å²) in [5.41, 5.74) is 0.164. The maximum Gasteiger partial charge on any atom is 0.227 e. The van der Waals surface area contributed by atoms with Gasteiger partial charge >= 0.3 is 0 Å². The van der Waals surface area contributed by atoms with Crippen molar-refractivity contribution in [3.63, 3.8) is 0 Å². The summed E-state index contributed by atoms with van der Waals surface area (Å²) >= 11 is 0. The molecule has 0 unspecified atom stereocenters. The van der Waals surface area contributed by atoms with Crippen LogP contribution in [0.1, 0.15) is 18.4 Å². The van der Waals surface area contributed by atoms with E-state index in [1.54, 1.807) is 6.20 Å². The molecule has 11 heteroatoms. The number of hydrogen-bond donors (Lipinski definition) is 3. The lowest BCUT2D eigenvalue weighted by molar-refractivity contribution is 0.244. The molecule has 3 N–H and O–H groups in total. The highest BCUT2D eigenvalue weighted by atomic mass is 19.1. The lowest BCUT2D eigenvalue weighted by Crippen LogP contribution is -2.39. The van der Waals surface area contributed by atoms with Crippen LogP contribution in [0.4, 0.5) is 14.7 Å². The molecule has 0 saturated carbocycles. The van der Waals surface area contributed by atoms with Crippen LogP contribution in [0, 0.1) is 17.0 Å². The maximum absolute atomic E-state index is 14.4. The van der Waals surface area contributed by atoms with Crippen molar-refractivity contribution in [3.05, 3.63) is 47.6 Å². The molecule has 178 valence electrons. The second kappa shape index (κ2) is 11.4. The summed E-state index contributed by atoms with van der Waals surface area (Å²) in [5, 5.41) is 13.9. The van der Waals surface area contributed by atoms with Gasteiger partial charge in [-0.3, -0.25) is 0 Å². The Kier molecular flexibility index (Phi) is 8.36. The Balaban J connectivity index is 1.60. The van der Waals surface area contributed by atoms with Crippen LogP contribution < -0.4 is 24.8 Å². The van der Waals surface area contributed by atoms with E-state index in [-0.39, 0.29) is 28.8 Å². The molecule has 0 bridgehead atoms. The Morgan fingerprint density at radius 3 is 2.30 bits per heavy atom. The van der Waals surface area contributed by atoms with Crippen molar-refractivity contribution in [1.82, 2.24) is 20.2 Å². The first-order valence-electron chi connectivity index (χ1n) is 10.4. The molecular formula is C22H28F2N6O3. The average molecular weight is 463 g/mol. The van der Waals surface area contributed by atoms with Crippen molar-refractivity contribution < 1.29 is 23.0 Å². The van der Waals surface area contributed by atoms with Crippen LogP contribution in [0.5, 0.6) is 17.2 Å². The molecule has 0 atom stereocenters. The molecule has 2 aromatic rings. The van der Waals surface area contributed by atoms with Gasteiger partial charge in [-0.05, 0) is 33.0 Å². The highest BCUT2D eigenvalue weighted by Gasteiger charge is 2.20. The number of likely N-dealkylation sites (tertiary alicyclic amines) is 1. The summed E-state index contributed by atoms with van der Waals surface area (Å²) in [6.45, 7) is 1.65. The van der Waals surface area contributed by atoms with E-state index < -0.39 is 18.2 Å². The molecule has 9 nitrogen and oxygen atoms in total. The largest absolute Gasteiger partial charge is 0.494 e. The molecular weight excluding hydrogens is 434 g/mol. The Morgan fingerprint density at radius 2 is 1.76 bits per heavy atom. The minimum absolute atomic E-state index is 0.150. The first-order chi connectivity index (χ1) is 15.9. The molecule has 0 radical (unpaired) electrons. The van der Waals surface area contributed by atoms with Crippen LogP contribution in [-0.2, 0) is 6.61 Å². The van der Waals surface area contributed by atoms with Crippen LogP contribution in [0.15, 0.2) is 30.4 Å². The molecule has 33 heavy (non-hydrogen) atoms. The van der Waals surface area contributed by atoms with E-state index in [2.05, 4.69) is 32.5 Å². The van der Waals surface area contributed by atoms with Gasteiger partial charge in [0.2, 0.25) is 5.95 Å². The number of rotatable bonds is 10. The zero-order valence-corrected chi connectivity index (χ0v) is 18.8. The van der Waals surface area contributed by atoms with E-state index in [1.807, 2.05) is 0 Å². The minimum Gasteiger partial charge on any atom is -0.494 e. The molecule has 0 aliphatic carbocycles. The number of benzene rings is 1. The molecule has 1 aliphatic rings. The maximum atomic E-state index is 14.4. The van der Waals surface area contributed by atoms with Gasteiger partial charge in [0.25, 0.3) is 0 Å². The highest BCUT2D eigenvalue weighted by Crippen LogP contribution is 2.31. The minimum atomic E-state index is -0.868. The van der Waals surface area contributed by atoms with Crippen molar-refractivity contribution in [2.24, 2.45) is 0 Å². The number of piperidine rings is 1. The third kappa shape index (κ3) is 6.28. The highest BCUT2D eigenvalue weighted by molar-refractivity contribution is 5.79. The average Bonchev–Trinajstić information content (AvgIpc) is 2.83. The monoisotopic (exact) mass is 462 g/mol. The number of aromatic nitrogens is 2. The number of nitrogens with one attached hydrogen (secondary N) is 3. The zero-order chi connectivity index (χ0) is 23.8. The Labute approximate surface area is 191 Å². The molecule has 1 aliphatic heterocycles. The van der Waals surface area contributed by atoms with E-state index in [9.17, 15) is 8.78 Å². The van der Waals surface area contributed by atoms with Gasteiger partial charge in [0.15, 0.2) is 28.9 Å². The van der Waals surface area contributed by atoms with Crippen LogP contribution >= 0.6 is 0 Å². The van der Waals surface area contributed by atoms with Crippen LogP contribution in [-0.4, -0.2) is 61.5 Å². The summed E-state index contributed by atoms with van der Waals surface area (Å²) < 4.78 is 44.2. The van der Waals surface area contributed by atoms with Crippen molar-refractivity contribution in [2.45, 2.75) is 25.5 Å². The third-order valence-corrected chi connectivity index (χ3v) is 5.28. The molecule has 1 saturated heterocycles. The van der Waals surface area contributed by atoms with Crippen LogP contribution in [0.2, 0.25) is 0 Å². The summed E-state index contributed by atoms with van der Waals surface area (Å²) in [7, 11) is 4.66. The third-order valence-electron chi connectivity index (χ3n) is 5.28. The molecule has 1 aromatic heterocycles. The van der Waals surface area contributed by atoms with Crippen molar-refractivity contribution in [2.75, 3.05) is 39.7 Å². The zero-order valence-electron chi connectivity index (χ0n) is 18.8. The lowest BCUT2D eigenvalue weighted by atomic mass is 10.1. The summed E-state index contributed by atoms with van der Waals surface area (Å²) in [5.74, 6) is -1.57. The van der Waals surface area contributed by atoms with E-state index in [0.717, 1.165) is 38.2 Å². The molecule has 1 aromatic carbocycles. The molecule has 3 rings (SSSR count). The fraction of sp³-hybridized carbons (Fsp3) is 0.409. The number of ether oxygens (including phenoxy) is 3. The van der Waals surface area contributed by atoms with E-state index in [1.165, 1.54) is 26.6 Å². The SMILES string of the molecule is COc1cc(OC)c(F)c(COc2cnc(N/C(C=N)=C/NC3CCN(C)CC3)nc2)c1F. The van der Waals surface area contributed by atoms with E-state index in [4.69, 9.17) is 19.6 Å². The Hall–Kier alpha value is -3.47. The van der Waals surface area contributed by atoms with Gasteiger partial charge in [-0.15, -0.1) is 0 Å². The fourth-order valence-corrected chi connectivity index (χ4v) is 3.30. The van der Waals surface area contributed by atoms with E-state index in [0.29, 0.717) is 11.7 Å². The van der Waals surface area contributed by atoms with Crippen molar-refractivity contribution >= 4 is 12.2 Å². The number of methoxy groups -OCH3 is 2. The lowest BCUT2D eigenvalue weighted by Gasteiger charge is -2.29. The topological polar surface area (TPSA) is 105 Å². The number of anilines is 1. The van der Waals surface area contributed by atoms with Gasteiger partial charge in [0.1, 0.15) is 6.61 Å². The smallest absolute Gasteiger partial charge is 0.227 e. The second-order valence-corrected chi connectivity index (χ2v) is 7.53. The first kappa shape index (κ1) is 24.2. The van der Waals surface area contributed by atoms with E-state index >= 15 is 0 Å². The molecule has 1 fully saturated rings. The van der Waals surface area contributed by atoms with Gasteiger partial charge in [0, 0.05) is 24.5 Å². The van der Waals surface area contributed by atoms with Crippen LogP contribution in [0.3, 0.4) is 0 Å². The Bertz CT molecular complexity index is 951.